The van der Waals surface area contributed by atoms with Gasteiger partial charge in [0.15, 0.2) is 8.32 Å². The maximum Gasteiger partial charge on any atom is 0.335 e. The molecule has 0 saturated carbocycles. The van der Waals surface area contributed by atoms with Crippen LogP contribution in [-0.2, 0) is 14.0 Å². The van der Waals surface area contributed by atoms with E-state index in [1.165, 1.54) is 7.11 Å². The molecule has 0 aliphatic rings. The van der Waals surface area contributed by atoms with Crippen molar-refractivity contribution >= 4 is 14.3 Å². The van der Waals surface area contributed by atoms with Crippen molar-refractivity contribution in [3.05, 3.63) is 11.8 Å². The third-order valence-electron chi connectivity index (χ3n) is 3.50. The number of esters is 1. The van der Waals surface area contributed by atoms with Crippen molar-refractivity contribution < 1.29 is 14.0 Å². The van der Waals surface area contributed by atoms with Crippen LogP contribution in [0.25, 0.3) is 0 Å². The Morgan fingerprint density at radius 1 is 1.26 bits per heavy atom. The molecular formula is C14H29NO3Si. The van der Waals surface area contributed by atoms with E-state index in [2.05, 4.69) is 33.9 Å². The molecule has 19 heavy (non-hydrogen) atoms. The highest BCUT2D eigenvalue weighted by Gasteiger charge is 2.37. The highest BCUT2D eigenvalue weighted by molar-refractivity contribution is 6.74. The van der Waals surface area contributed by atoms with Crippen LogP contribution in [0.5, 0.6) is 0 Å². The molecule has 0 aliphatic heterocycles. The van der Waals surface area contributed by atoms with Gasteiger partial charge in [-0.15, -0.1) is 0 Å². The Bertz CT molecular complexity index is 330. The van der Waals surface area contributed by atoms with Crippen molar-refractivity contribution in [3.63, 3.8) is 0 Å². The molecule has 0 aliphatic carbocycles. The molecule has 0 aromatic carbocycles. The Labute approximate surface area is 118 Å². The van der Waals surface area contributed by atoms with Gasteiger partial charge in [-0.1, -0.05) is 20.8 Å². The number of ether oxygens (including phenoxy) is 1. The first-order valence-corrected chi connectivity index (χ1v) is 9.51. The average molecular weight is 287 g/mol. The Kier molecular flexibility index (Phi) is 6.79. The molecule has 0 aromatic heterocycles. The maximum absolute atomic E-state index is 11.6. The van der Waals surface area contributed by atoms with Crippen LogP contribution < -0.4 is 0 Å². The molecule has 0 fully saturated rings. The topological polar surface area (TPSA) is 38.8 Å². The van der Waals surface area contributed by atoms with E-state index in [0.717, 1.165) is 0 Å². The number of carbonyl (C=O) groups excluding carboxylic acids is 1. The zero-order valence-electron chi connectivity index (χ0n) is 13.7. The van der Waals surface area contributed by atoms with Gasteiger partial charge in [0.2, 0.25) is 0 Å². The van der Waals surface area contributed by atoms with Gasteiger partial charge in [-0.05, 0) is 18.1 Å². The van der Waals surface area contributed by atoms with E-state index < -0.39 is 8.32 Å². The first kappa shape index (κ1) is 18.2. The molecule has 112 valence electrons. The van der Waals surface area contributed by atoms with Gasteiger partial charge in [0.25, 0.3) is 0 Å². The average Bonchev–Trinajstić information content (AvgIpc) is 2.24. The molecule has 0 radical (unpaired) electrons. The van der Waals surface area contributed by atoms with E-state index in [1.54, 1.807) is 6.20 Å². The zero-order chi connectivity index (χ0) is 15.3. The van der Waals surface area contributed by atoms with Crippen LogP contribution >= 0.6 is 0 Å². The summed E-state index contributed by atoms with van der Waals surface area (Å²) in [6.07, 6.45) is 2.37. The van der Waals surface area contributed by atoms with Crippen LogP contribution in [0.2, 0.25) is 18.1 Å². The number of hydrogen-bond acceptors (Lipinski definition) is 4. The van der Waals surface area contributed by atoms with Gasteiger partial charge >= 0.3 is 5.97 Å². The summed E-state index contributed by atoms with van der Waals surface area (Å²) in [7, 11) is 3.43. The normalized spacial score (nSPS) is 13.4. The van der Waals surface area contributed by atoms with Crippen molar-refractivity contribution in [3.8, 4) is 0 Å². The standard InChI is InChI=1S/C14H29NO3Si/c1-14(2,3)19(7,8)18-10-9-12(11-15(4)5)13(16)17-6/h11H,9-10H2,1-8H3. The van der Waals surface area contributed by atoms with E-state index in [9.17, 15) is 4.79 Å². The van der Waals surface area contributed by atoms with Gasteiger partial charge in [0.05, 0.1) is 12.7 Å². The van der Waals surface area contributed by atoms with E-state index in [0.29, 0.717) is 18.6 Å². The molecule has 0 spiro atoms. The van der Waals surface area contributed by atoms with Crippen LogP contribution in [0, 0.1) is 0 Å². The van der Waals surface area contributed by atoms with Crippen molar-refractivity contribution in [1.82, 2.24) is 4.90 Å². The Morgan fingerprint density at radius 2 is 1.79 bits per heavy atom. The van der Waals surface area contributed by atoms with Crippen LogP contribution in [-0.4, -0.2) is 47.0 Å². The number of methoxy groups -OCH3 is 1. The molecule has 0 heterocycles. The van der Waals surface area contributed by atoms with Crippen LogP contribution in [0.15, 0.2) is 11.8 Å². The summed E-state index contributed by atoms with van der Waals surface area (Å²) < 4.78 is 10.9. The monoisotopic (exact) mass is 287 g/mol. The molecule has 0 atom stereocenters. The molecule has 4 nitrogen and oxygen atoms in total. The van der Waals surface area contributed by atoms with E-state index in [-0.39, 0.29) is 11.0 Å². The number of carbonyl (C=O) groups is 1. The minimum absolute atomic E-state index is 0.184. The highest BCUT2D eigenvalue weighted by Crippen LogP contribution is 2.36. The molecule has 0 amide bonds. The molecule has 0 bridgehead atoms. The first-order chi connectivity index (χ1) is 8.51. The lowest BCUT2D eigenvalue weighted by Gasteiger charge is -2.36. The predicted molar refractivity (Wildman–Crippen MR) is 81.6 cm³/mol. The Balaban J connectivity index is 4.56. The molecular weight excluding hydrogens is 258 g/mol. The summed E-state index contributed by atoms with van der Waals surface area (Å²) >= 11 is 0. The Morgan fingerprint density at radius 3 is 2.16 bits per heavy atom. The van der Waals surface area contributed by atoms with E-state index in [1.807, 2.05) is 19.0 Å². The van der Waals surface area contributed by atoms with Crippen LogP contribution in [0.3, 0.4) is 0 Å². The SMILES string of the molecule is COC(=O)C(=CN(C)C)CCO[Si](C)(C)C(C)(C)C. The zero-order valence-corrected chi connectivity index (χ0v) is 14.7. The molecule has 0 aromatic rings. The second kappa shape index (κ2) is 7.10. The lowest BCUT2D eigenvalue weighted by atomic mass is 10.2. The van der Waals surface area contributed by atoms with E-state index >= 15 is 0 Å². The van der Waals surface area contributed by atoms with Gasteiger partial charge in [-0.2, -0.15) is 0 Å². The third-order valence-corrected chi connectivity index (χ3v) is 8.04. The predicted octanol–water partition coefficient (Wildman–Crippen LogP) is 3.02. The lowest BCUT2D eigenvalue weighted by molar-refractivity contribution is -0.136. The fourth-order valence-corrected chi connectivity index (χ4v) is 2.34. The summed E-state index contributed by atoms with van der Waals surface area (Å²) in [5, 5.41) is 0.184. The number of rotatable bonds is 6. The number of hydrogen-bond donors (Lipinski definition) is 0. The largest absolute Gasteiger partial charge is 0.466 e. The van der Waals surface area contributed by atoms with Crippen LogP contribution in [0.4, 0.5) is 0 Å². The third kappa shape index (κ3) is 6.25. The second-order valence-electron chi connectivity index (χ2n) is 6.47. The highest BCUT2D eigenvalue weighted by atomic mass is 28.4. The van der Waals surface area contributed by atoms with Crippen molar-refractivity contribution in [2.75, 3.05) is 27.8 Å². The van der Waals surface area contributed by atoms with E-state index in [4.69, 9.17) is 9.16 Å². The minimum Gasteiger partial charge on any atom is -0.466 e. The van der Waals surface area contributed by atoms with Crippen molar-refractivity contribution in [2.24, 2.45) is 0 Å². The fraction of sp³-hybridized carbons (Fsp3) is 0.786. The molecule has 0 saturated heterocycles. The van der Waals surface area contributed by atoms with Crippen molar-refractivity contribution in [2.45, 2.75) is 45.3 Å². The second-order valence-corrected chi connectivity index (χ2v) is 11.3. The molecule has 0 N–H and O–H groups in total. The summed E-state index contributed by atoms with van der Waals surface area (Å²) in [5.41, 5.74) is 0.645. The van der Waals surface area contributed by atoms with Gasteiger partial charge in [0.1, 0.15) is 0 Å². The van der Waals surface area contributed by atoms with Gasteiger partial charge < -0.3 is 14.1 Å². The smallest absolute Gasteiger partial charge is 0.335 e. The van der Waals surface area contributed by atoms with Gasteiger partial charge in [-0.3, -0.25) is 0 Å². The minimum atomic E-state index is -1.75. The van der Waals surface area contributed by atoms with Gasteiger partial charge in [-0.25, -0.2) is 4.79 Å². The lowest BCUT2D eigenvalue weighted by Crippen LogP contribution is -2.41. The molecule has 5 heteroatoms. The van der Waals surface area contributed by atoms with Crippen LogP contribution in [0.1, 0.15) is 27.2 Å². The summed E-state index contributed by atoms with van der Waals surface area (Å²) in [6.45, 7) is 11.6. The molecule has 0 rings (SSSR count). The Hall–Kier alpha value is -0.813. The van der Waals surface area contributed by atoms with Gasteiger partial charge in [0, 0.05) is 33.3 Å². The number of nitrogens with zero attached hydrogens (tertiary/aromatic N) is 1. The maximum atomic E-state index is 11.6. The molecule has 0 unspecified atom stereocenters. The summed E-state index contributed by atoms with van der Waals surface area (Å²) in [5.74, 6) is -0.285. The summed E-state index contributed by atoms with van der Waals surface area (Å²) in [4.78, 5) is 13.5. The summed E-state index contributed by atoms with van der Waals surface area (Å²) in [6, 6.07) is 0. The fourth-order valence-electron chi connectivity index (χ4n) is 1.29. The quantitative estimate of drug-likeness (QED) is 0.428. The van der Waals surface area contributed by atoms with Crippen molar-refractivity contribution in [1.29, 1.82) is 0 Å². The first-order valence-electron chi connectivity index (χ1n) is 6.60.